The number of hydrogen-bond donors (Lipinski definition) is 1. The van der Waals surface area contributed by atoms with E-state index in [0.29, 0.717) is 11.3 Å². The summed E-state index contributed by atoms with van der Waals surface area (Å²) in [5.41, 5.74) is 1.41. The molecule has 0 saturated carbocycles. The quantitative estimate of drug-likeness (QED) is 0.920. The molecule has 1 N–H and O–H groups in total. The molecule has 0 aliphatic carbocycles. The number of hydrogen-bond acceptors (Lipinski definition) is 2. The van der Waals surface area contributed by atoms with Crippen LogP contribution in [-0.4, -0.2) is 5.91 Å². The number of nitrogens with one attached hydrogen (secondary N) is 1. The third-order valence-electron chi connectivity index (χ3n) is 3.29. The van der Waals surface area contributed by atoms with Crippen LogP contribution in [0.4, 0.5) is 4.39 Å². The molecular formula is C16H18FNO2. The van der Waals surface area contributed by atoms with E-state index in [4.69, 9.17) is 4.42 Å². The minimum absolute atomic E-state index is 0.169. The van der Waals surface area contributed by atoms with Crippen molar-refractivity contribution in [1.29, 1.82) is 0 Å². The smallest absolute Gasteiger partial charge is 0.255 e. The Morgan fingerprint density at radius 2 is 1.85 bits per heavy atom. The lowest BCUT2D eigenvalue weighted by Gasteiger charge is -2.22. The maximum atomic E-state index is 13.0. The highest BCUT2D eigenvalue weighted by atomic mass is 19.1. The summed E-state index contributed by atoms with van der Waals surface area (Å²) in [6.45, 7) is 5.77. The lowest BCUT2D eigenvalue weighted by Crippen LogP contribution is -2.31. The molecule has 4 heteroatoms. The first-order valence-electron chi connectivity index (χ1n) is 6.59. The van der Waals surface area contributed by atoms with E-state index in [9.17, 15) is 9.18 Å². The molecule has 0 aliphatic rings. The minimum Gasteiger partial charge on any atom is -0.469 e. The van der Waals surface area contributed by atoms with Crippen molar-refractivity contribution in [3.05, 3.63) is 59.3 Å². The number of aryl methyl sites for hydroxylation is 1. The molecule has 0 bridgehead atoms. The standard InChI is InChI=1S/C16H18FNO2/c1-10(2)15(12-4-6-13(17)7-5-12)18-16(19)14-8-9-20-11(14)3/h4-10,15H,1-3H3,(H,18,19)/t15-/m1/s1. The van der Waals surface area contributed by atoms with Crippen LogP contribution < -0.4 is 5.32 Å². The molecule has 1 atom stereocenters. The normalized spacial score (nSPS) is 12.4. The van der Waals surface area contributed by atoms with Gasteiger partial charge in [0.25, 0.3) is 5.91 Å². The van der Waals surface area contributed by atoms with Crippen LogP contribution in [0.25, 0.3) is 0 Å². The van der Waals surface area contributed by atoms with E-state index in [1.165, 1.54) is 18.4 Å². The molecule has 0 unspecified atom stereocenters. The third kappa shape index (κ3) is 3.07. The number of carbonyl (C=O) groups excluding carboxylic acids is 1. The summed E-state index contributed by atoms with van der Waals surface area (Å²) >= 11 is 0. The Hall–Kier alpha value is -2.10. The summed E-state index contributed by atoms with van der Waals surface area (Å²) in [7, 11) is 0. The van der Waals surface area contributed by atoms with Crippen molar-refractivity contribution >= 4 is 5.91 Å². The highest BCUT2D eigenvalue weighted by molar-refractivity contribution is 5.95. The molecule has 2 rings (SSSR count). The zero-order chi connectivity index (χ0) is 14.7. The molecule has 1 aromatic carbocycles. The molecule has 0 radical (unpaired) electrons. The molecule has 0 aliphatic heterocycles. The second-order valence-electron chi connectivity index (χ2n) is 5.14. The topological polar surface area (TPSA) is 42.2 Å². The molecule has 0 fully saturated rings. The van der Waals surface area contributed by atoms with Crippen LogP contribution in [0.2, 0.25) is 0 Å². The zero-order valence-corrected chi connectivity index (χ0v) is 11.8. The van der Waals surface area contributed by atoms with E-state index >= 15 is 0 Å². The highest BCUT2D eigenvalue weighted by Gasteiger charge is 2.20. The van der Waals surface area contributed by atoms with Crippen molar-refractivity contribution in [2.75, 3.05) is 0 Å². The predicted molar refractivity (Wildman–Crippen MR) is 74.9 cm³/mol. The van der Waals surface area contributed by atoms with Crippen molar-refractivity contribution in [2.45, 2.75) is 26.8 Å². The molecule has 1 aromatic heterocycles. The first-order chi connectivity index (χ1) is 9.49. The van der Waals surface area contributed by atoms with Gasteiger partial charge in [-0.25, -0.2) is 4.39 Å². The molecule has 1 heterocycles. The van der Waals surface area contributed by atoms with Gasteiger partial charge in [-0.15, -0.1) is 0 Å². The van der Waals surface area contributed by atoms with Gasteiger partial charge in [-0.3, -0.25) is 4.79 Å². The van der Waals surface area contributed by atoms with Crippen molar-refractivity contribution in [2.24, 2.45) is 5.92 Å². The van der Waals surface area contributed by atoms with Crippen molar-refractivity contribution < 1.29 is 13.6 Å². The van der Waals surface area contributed by atoms with Crippen LogP contribution in [0, 0.1) is 18.7 Å². The molecule has 1 amide bonds. The van der Waals surface area contributed by atoms with E-state index in [2.05, 4.69) is 5.32 Å². The highest BCUT2D eigenvalue weighted by Crippen LogP contribution is 2.23. The molecular weight excluding hydrogens is 257 g/mol. The van der Waals surface area contributed by atoms with Gasteiger partial charge in [0.05, 0.1) is 17.9 Å². The summed E-state index contributed by atoms with van der Waals surface area (Å²) in [6.07, 6.45) is 1.49. The van der Waals surface area contributed by atoms with Gasteiger partial charge in [-0.1, -0.05) is 26.0 Å². The number of furan rings is 1. The molecule has 106 valence electrons. The second-order valence-corrected chi connectivity index (χ2v) is 5.14. The van der Waals surface area contributed by atoms with Gasteiger partial charge in [-0.2, -0.15) is 0 Å². The first kappa shape index (κ1) is 14.3. The lowest BCUT2D eigenvalue weighted by atomic mass is 9.95. The Kier molecular flexibility index (Phi) is 4.23. The lowest BCUT2D eigenvalue weighted by molar-refractivity contribution is 0.0924. The zero-order valence-electron chi connectivity index (χ0n) is 11.8. The van der Waals surface area contributed by atoms with E-state index in [1.807, 2.05) is 13.8 Å². The fraction of sp³-hybridized carbons (Fsp3) is 0.312. The first-order valence-corrected chi connectivity index (χ1v) is 6.59. The molecule has 0 saturated heterocycles. The van der Waals surface area contributed by atoms with Gasteiger partial charge in [-0.05, 0) is 36.6 Å². The third-order valence-corrected chi connectivity index (χ3v) is 3.29. The van der Waals surface area contributed by atoms with Gasteiger partial charge in [0.1, 0.15) is 11.6 Å². The maximum absolute atomic E-state index is 13.0. The summed E-state index contributed by atoms with van der Waals surface area (Å²) < 4.78 is 18.1. The monoisotopic (exact) mass is 275 g/mol. The molecule has 0 spiro atoms. The summed E-state index contributed by atoms with van der Waals surface area (Å²) in [4.78, 5) is 12.2. The van der Waals surface area contributed by atoms with Crippen LogP contribution in [0.15, 0.2) is 41.0 Å². The van der Waals surface area contributed by atoms with E-state index in [0.717, 1.165) is 5.56 Å². The summed E-state index contributed by atoms with van der Waals surface area (Å²) in [6, 6.07) is 7.68. The van der Waals surface area contributed by atoms with Crippen LogP contribution >= 0.6 is 0 Å². The average Bonchev–Trinajstić information content (AvgIpc) is 2.83. The number of halogens is 1. The minimum atomic E-state index is -0.284. The van der Waals surface area contributed by atoms with Gasteiger partial charge in [0, 0.05) is 0 Å². The summed E-state index contributed by atoms with van der Waals surface area (Å²) in [5, 5.41) is 2.97. The van der Waals surface area contributed by atoms with Gasteiger partial charge >= 0.3 is 0 Å². The van der Waals surface area contributed by atoms with Crippen molar-refractivity contribution in [3.8, 4) is 0 Å². The second kappa shape index (κ2) is 5.90. The average molecular weight is 275 g/mol. The summed E-state index contributed by atoms with van der Waals surface area (Å²) in [5.74, 6) is 0.313. The Morgan fingerprint density at radius 3 is 2.35 bits per heavy atom. The van der Waals surface area contributed by atoms with Crippen LogP contribution in [-0.2, 0) is 0 Å². The number of carbonyl (C=O) groups is 1. The largest absolute Gasteiger partial charge is 0.469 e. The number of rotatable bonds is 4. The fourth-order valence-electron chi connectivity index (χ4n) is 2.14. The Morgan fingerprint density at radius 1 is 1.20 bits per heavy atom. The number of benzene rings is 1. The number of amides is 1. The van der Waals surface area contributed by atoms with Crippen molar-refractivity contribution in [1.82, 2.24) is 5.32 Å². The fourth-order valence-corrected chi connectivity index (χ4v) is 2.14. The SMILES string of the molecule is Cc1occc1C(=O)N[C@@H](c1ccc(F)cc1)C(C)C. The Balaban J connectivity index is 2.20. The Bertz CT molecular complexity index is 587. The van der Waals surface area contributed by atoms with E-state index in [1.54, 1.807) is 25.1 Å². The van der Waals surface area contributed by atoms with Gasteiger partial charge in [0.2, 0.25) is 0 Å². The molecule has 2 aromatic rings. The Labute approximate surface area is 117 Å². The predicted octanol–water partition coefficient (Wildman–Crippen LogP) is 3.85. The molecule has 3 nitrogen and oxygen atoms in total. The van der Waals surface area contributed by atoms with Crippen molar-refractivity contribution in [3.63, 3.8) is 0 Å². The van der Waals surface area contributed by atoms with Crippen LogP contribution in [0.5, 0.6) is 0 Å². The van der Waals surface area contributed by atoms with Gasteiger partial charge in [0.15, 0.2) is 0 Å². The van der Waals surface area contributed by atoms with E-state index < -0.39 is 0 Å². The van der Waals surface area contributed by atoms with Crippen LogP contribution in [0.3, 0.4) is 0 Å². The maximum Gasteiger partial charge on any atom is 0.255 e. The molecule has 20 heavy (non-hydrogen) atoms. The van der Waals surface area contributed by atoms with Crippen LogP contribution in [0.1, 0.15) is 41.6 Å². The van der Waals surface area contributed by atoms with Gasteiger partial charge < -0.3 is 9.73 Å². The van der Waals surface area contributed by atoms with E-state index in [-0.39, 0.29) is 23.7 Å².